The Hall–Kier alpha value is -2.48. The molecule has 0 saturated heterocycles. The largest absolute Gasteiger partial charge is 0.496 e. The molecule has 3 aromatic carbocycles. The van der Waals surface area contributed by atoms with Crippen molar-refractivity contribution in [2.75, 3.05) is 14.2 Å². The average molecular weight is 348 g/mol. The predicted molar refractivity (Wildman–Crippen MR) is 110 cm³/mol. The van der Waals surface area contributed by atoms with Crippen LogP contribution in [0.2, 0.25) is 0 Å². The van der Waals surface area contributed by atoms with Crippen molar-refractivity contribution in [1.29, 1.82) is 0 Å². The lowest BCUT2D eigenvalue weighted by molar-refractivity contribution is 0.403. The van der Waals surface area contributed by atoms with E-state index in [2.05, 4.69) is 56.3 Å². The van der Waals surface area contributed by atoms with Crippen LogP contribution in [-0.4, -0.2) is 14.2 Å². The highest BCUT2D eigenvalue weighted by atomic mass is 16.5. The smallest absolute Gasteiger partial charge is 0.130 e. The van der Waals surface area contributed by atoms with Crippen molar-refractivity contribution in [3.05, 3.63) is 70.8 Å². The minimum Gasteiger partial charge on any atom is -0.496 e. The Kier molecular flexibility index (Phi) is 5.82. The summed E-state index contributed by atoms with van der Waals surface area (Å²) < 4.78 is 11.6. The number of aryl methyl sites for hydroxylation is 2. The van der Waals surface area contributed by atoms with Gasteiger partial charge in [0.05, 0.1) is 14.2 Å². The molecule has 0 aliphatic carbocycles. The van der Waals surface area contributed by atoms with Crippen molar-refractivity contribution in [2.24, 2.45) is 0 Å². The van der Waals surface area contributed by atoms with Crippen molar-refractivity contribution < 1.29 is 9.47 Å². The molecule has 0 atom stereocenters. The van der Waals surface area contributed by atoms with Crippen molar-refractivity contribution in [3.8, 4) is 11.5 Å². The van der Waals surface area contributed by atoms with Crippen LogP contribution in [0.15, 0.2) is 48.5 Å². The van der Waals surface area contributed by atoms with E-state index < -0.39 is 0 Å². The highest BCUT2D eigenvalue weighted by molar-refractivity contribution is 5.96. The number of hydrogen-bond donors (Lipinski definition) is 0. The predicted octanol–water partition coefficient (Wildman–Crippen LogP) is 5.90. The van der Waals surface area contributed by atoms with Crippen LogP contribution in [0.4, 0.5) is 0 Å². The zero-order valence-corrected chi connectivity index (χ0v) is 16.3. The first-order valence-corrected chi connectivity index (χ1v) is 9.39. The highest BCUT2D eigenvalue weighted by Crippen LogP contribution is 2.40. The van der Waals surface area contributed by atoms with E-state index >= 15 is 0 Å². The number of ether oxygens (including phenoxy) is 2. The van der Waals surface area contributed by atoms with Crippen LogP contribution in [0.1, 0.15) is 35.6 Å². The van der Waals surface area contributed by atoms with Gasteiger partial charge in [0.25, 0.3) is 0 Å². The lowest BCUT2D eigenvalue weighted by Crippen LogP contribution is -2.02. The Morgan fingerprint density at radius 2 is 1.23 bits per heavy atom. The molecule has 0 radical (unpaired) electrons. The zero-order chi connectivity index (χ0) is 18.5. The monoisotopic (exact) mass is 348 g/mol. The molecule has 3 aromatic rings. The molecular formula is C24H28O2. The summed E-state index contributed by atoms with van der Waals surface area (Å²) in [5, 5.41) is 2.22. The Morgan fingerprint density at radius 3 is 1.77 bits per heavy atom. The molecule has 0 bridgehead atoms. The molecule has 2 heteroatoms. The number of fused-ring (bicyclic) bond motifs is 1. The first kappa shape index (κ1) is 18.3. The third-order valence-corrected chi connectivity index (χ3v) is 5.12. The quantitative estimate of drug-likeness (QED) is 0.529. The molecule has 0 aromatic heterocycles. The molecule has 0 unspecified atom stereocenters. The molecule has 0 fully saturated rings. The molecule has 136 valence electrons. The van der Waals surface area contributed by atoms with Gasteiger partial charge in [-0.15, -0.1) is 0 Å². The van der Waals surface area contributed by atoms with Gasteiger partial charge in [0, 0.05) is 16.3 Å². The van der Waals surface area contributed by atoms with Gasteiger partial charge in [-0.25, -0.2) is 0 Å². The topological polar surface area (TPSA) is 18.5 Å². The fraction of sp³-hybridized carbons (Fsp3) is 0.333. The van der Waals surface area contributed by atoms with Gasteiger partial charge in [-0.05, 0) is 42.9 Å². The molecule has 0 aliphatic heterocycles. The van der Waals surface area contributed by atoms with Crippen molar-refractivity contribution >= 4 is 10.8 Å². The molecule has 26 heavy (non-hydrogen) atoms. The second-order valence-electron chi connectivity index (χ2n) is 6.78. The number of hydrogen-bond acceptors (Lipinski definition) is 2. The zero-order valence-electron chi connectivity index (χ0n) is 16.3. The number of methoxy groups -OCH3 is 2. The van der Waals surface area contributed by atoms with Gasteiger partial charge < -0.3 is 9.47 Å². The standard InChI is InChI=1S/C24H28O2/c1-5-8-18-11-13-19(14-12-18)15-16-20-17(2)23(25-3)21-9-6-7-10-22(21)24(20)26-4/h6-7,9-14H,5,8,15-16H2,1-4H3. The second kappa shape index (κ2) is 8.27. The molecule has 0 amide bonds. The minimum absolute atomic E-state index is 0.934. The van der Waals surface area contributed by atoms with Crippen LogP contribution in [0.5, 0.6) is 11.5 Å². The molecule has 0 N–H and O–H groups in total. The van der Waals surface area contributed by atoms with Crippen LogP contribution in [0.25, 0.3) is 10.8 Å². The summed E-state index contributed by atoms with van der Waals surface area (Å²) in [4.78, 5) is 0. The maximum Gasteiger partial charge on any atom is 0.130 e. The molecule has 0 saturated carbocycles. The van der Waals surface area contributed by atoms with E-state index in [0.717, 1.165) is 41.5 Å². The first-order chi connectivity index (χ1) is 12.7. The lowest BCUT2D eigenvalue weighted by atomic mass is 9.94. The third kappa shape index (κ3) is 3.55. The van der Waals surface area contributed by atoms with Crippen molar-refractivity contribution in [3.63, 3.8) is 0 Å². The maximum atomic E-state index is 5.82. The summed E-state index contributed by atoms with van der Waals surface area (Å²) in [7, 11) is 3.51. The van der Waals surface area contributed by atoms with Gasteiger partial charge in [-0.2, -0.15) is 0 Å². The van der Waals surface area contributed by atoms with E-state index in [1.807, 2.05) is 6.07 Å². The van der Waals surface area contributed by atoms with E-state index in [9.17, 15) is 0 Å². The van der Waals surface area contributed by atoms with Crippen LogP contribution in [0, 0.1) is 6.92 Å². The van der Waals surface area contributed by atoms with Gasteiger partial charge in [0.15, 0.2) is 0 Å². The van der Waals surface area contributed by atoms with Crippen molar-refractivity contribution in [2.45, 2.75) is 39.5 Å². The molecule has 0 aliphatic rings. The summed E-state index contributed by atoms with van der Waals surface area (Å²) in [5.41, 5.74) is 5.18. The van der Waals surface area contributed by atoms with Crippen LogP contribution in [0.3, 0.4) is 0 Å². The van der Waals surface area contributed by atoms with E-state index in [0.29, 0.717) is 0 Å². The molecule has 0 heterocycles. The summed E-state index contributed by atoms with van der Waals surface area (Å²) >= 11 is 0. The minimum atomic E-state index is 0.934. The van der Waals surface area contributed by atoms with Gasteiger partial charge in [-0.3, -0.25) is 0 Å². The fourth-order valence-corrected chi connectivity index (χ4v) is 3.78. The van der Waals surface area contributed by atoms with E-state index in [1.54, 1.807) is 14.2 Å². The summed E-state index contributed by atoms with van der Waals surface area (Å²) in [6.45, 7) is 4.35. The Morgan fingerprint density at radius 1 is 0.692 bits per heavy atom. The molecule has 0 spiro atoms. The fourth-order valence-electron chi connectivity index (χ4n) is 3.78. The molecule has 2 nitrogen and oxygen atoms in total. The Bertz CT molecular complexity index is 879. The lowest BCUT2D eigenvalue weighted by Gasteiger charge is -2.19. The van der Waals surface area contributed by atoms with Gasteiger partial charge in [-0.1, -0.05) is 61.9 Å². The van der Waals surface area contributed by atoms with Crippen LogP contribution in [-0.2, 0) is 19.3 Å². The summed E-state index contributed by atoms with van der Waals surface area (Å²) in [5.74, 6) is 1.93. The van der Waals surface area contributed by atoms with Crippen molar-refractivity contribution in [1.82, 2.24) is 0 Å². The Labute approximate surface area is 156 Å². The van der Waals surface area contributed by atoms with Crippen LogP contribution >= 0.6 is 0 Å². The average Bonchev–Trinajstić information content (AvgIpc) is 2.67. The number of rotatable bonds is 7. The van der Waals surface area contributed by atoms with E-state index in [1.165, 1.54) is 28.7 Å². The first-order valence-electron chi connectivity index (χ1n) is 9.39. The summed E-state index contributed by atoms with van der Waals surface area (Å²) in [6.07, 6.45) is 4.26. The second-order valence-corrected chi connectivity index (χ2v) is 6.78. The van der Waals surface area contributed by atoms with Crippen LogP contribution < -0.4 is 9.47 Å². The summed E-state index contributed by atoms with van der Waals surface area (Å²) in [6, 6.07) is 17.3. The van der Waals surface area contributed by atoms with E-state index in [-0.39, 0.29) is 0 Å². The van der Waals surface area contributed by atoms with E-state index in [4.69, 9.17) is 9.47 Å². The Balaban J connectivity index is 1.95. The van der Waals surface area contributed by atoms with Gasteiger partial charge >= 0.3 is 0 Å². The van der Waals surface area contributed by atoms with Gasteiger partial charge in [0.1, 0.15) is 11.5 Å². The molecule has 3 rings (SSSR count). The SMILES string of the molecule is CCCc1ccc(CCc2c(C)c(OC)c3ccccc3c2OC)cc1. The maximum absolute atomic E-state index is 5.82. The molecular weight excluding hydrogens is 320 g/mol. The highest BCUT2D eigenvalue weighted by Gasteiger charge is 2.17. The normalized spacial score (nSPS) is 10.9. The third-order valence-electron chi connectivity index (χ3n) is 5.12. The number of benzene rings is 3. The van der Waals surface area contributed by atoms with Gasteiger partial charge in [0.2, 0.25) is 0 Å².